The van der Waals surface area contributed by atoms with Crippen LogP contribution in [0.15, 0.2) is 36.5 Å². The first kappa shape index (κ1) is 23.6. The smallest absolute Gasteiger partial charge is 0.246 e. The number of pyridine rings is 1. The van der Waals surface area contributed by atoms with Crippen molar-refractivity contribution in [2.75, 3.05) is 52.8 Å². The van der Waals surface area contributed by atoms with Crippen molar-refractivity contribution in [3.63, 3.8) is 0 Å². The molecule has 1 fully saturated rings. The highest BCUT2D eigenvalue weighted by Gasteiger charge is 2.15. The second kappa shape index (κ2) is 11.5. The molecule has 0 aliphatic carbocycles. The van der Waals surface area contributed by atoms with Gasteiger partial charge < -0.3 is 24.8 Å². The normalized spacial score (nSPS) is 14.5. The van der Waals surface area contributed by atoms with Gasteiger partial charge in [0.05, 0.1) is 26.9 Å². The third-order valence-electron chi connectivity index (χ3n) is 5.29. The molecule has 32 heavy (non-hydrogen) atoms. The highest BCUT2D eigenvalue weighted by atomic mass is 16.5. The zero-order valence-corrected chi connectivity index (χ0v) is 19.0. The molecule has 2 heterocycles. The molecule has 0 saturated carbocycles. The molecular formula is C24H32N4O4. The maximum absolute atomic E-state index is 12.7. The third-order valence-corrected chi connectivity index (χ3v) is 5.29. The number of nitrogen functional groups attached to an aromatic ring is 1. The van der Waals surface area contributed by atoms with Gasteiger partial charge in [-0.15, -0.1) is 0 Å². The summed E-state index contributed by atoms with van der Waals surface area (Å²) in [6.45, 7) is 6.75. The number of likely N-dealkylation sites (N-methyl/N-ethyl adjacent to an activating group) is 1. The Morgan fingerprint density at radius 3 is 2.81 bits per heavy atom. The summed E-state index contributed by atoms with van der Waals surface area (Å²) in [5.74, 6) is 1.71. The Morgan fingerprint density at radius 2 is 2.09 bits per heavy atom. The average molecular weight is 441 g/mol. The number of ether oxygens (including phenoxy) is 3. The summed E-state index contributed by atoms with van der Waals surface area (Å²) in [5.41, 5.74) is 8.74. The van der Waals surface area contributed by atoms with Crippen molar-refractivity contribution in [2.45, 2.75) is 20.0 Å². The van der Waals surface area contributed by atoms with Crippen LogP contribution in [0.1, 0.15) is 23.6 Å². The summed E-state index contributed by atoms with van der Waals surface area (Å²) in [4.78, 5) is 20.9. The van der Waals surface area contributed by atoms with Gasteiger partial charge in [0.1, 0.15) is 5.82 Å². The maximum atomic E-state index is 12.7. The minimum Gasteiger partial charge on any atom is -0.493 e. The van der Waals surface area contributed by atoms with Crippen molar-refractivity contribution in [3.8, 4) is 11.5 Å². The van der Waals surface area contributed by atoms with E-state index in [4.69, 9.17) is 19.9 Å². The fraction of sp³-hybridized carbons (Fsp3) is 0.417. The Labute approximate surface area is 189 Å². The molecule has 1 saturated heterocycles. The highest BCUT2D eigenvalue weighted by molar-refractivity contribution is 5.91. The molecule has 1 aliphatic rings. The Balaban J connectivity index is 1.66. The number of amides is 1. The van der Waals surface area contributed by atoms with Crippen LogP contribution < -0.4 is 15.2 Å². The highest BCUT2D eigenvalue weighted by Crippen LogP contribution is 2.31. The van der Waals surface area contributed by atoms with Crippen LogP contribution in [0.3, 0.4) is 0 Å². The van der Waals surface area contributed by atoms with Crippen LogP contribution in [0.5, 0.6) is 11.5 Å². The lowest BCUT2D eigenvalue weighted by Crippen LogP contribution is -2.35. The van der Waals surface area contributed by atoms with E-state index in [1.165, 1.54) is 0 Å². The molecule has 3 rings (SSSR count). The van der Waals surface area contributed by atoms with E-state index in [2.05, 4.69) is 9.88 Å². The lowest BCUT2D eigenvalue weighted by Gasteiger charge is -2.26. The molecule has 0 spiro atoms. The van der Waals surface area contributed by atoms with E-state index in [1.54, 1.807) is 37.4 Å². The summed E-state index contributed by atoms with van der Waals surface area (Å²) >= 11 is 0. The second-order valence-corrected chi connectivity index (χ2v) is 7.61. The van der Waals surface area contributed by atoms with E-state index in [9.17, 15) is 4.79 Å². The fourth-order valence-corrected chi connectivity index (χ4v) is 3.54. The van der Waals surface area contributed by atoms with Crippen LogP contribution in [0.4, 0.5) is 5.82 Å². The standard InChI is InChI=1S/C24H32N4O4/c1-4-32-23-19(6-5-7-21(23)30-3)16-27(2)22(29)9-8-18-14-20(24(25)26-15-18)17-28-10-12-31-13-11-28/h5-9,14-15H,4,10-13,16-17H2,1-3H3,(H2,25,26). The van der Waals surface area contributed by atoms with E-state index < -0.39 is 0 Å². The van der Waals surface area contributed by atoms with Crippen LogP contribution in [0, 0.1) is 0 Å². The molecule has 1 amide bonds. The number of hydrogen-bond donors (Lipinski definition) is 1. The van der Waals surface area contributed by atoms with Crippen molar-refractivity contribution in [2.24, 2.45) is 0 Å². The van der Waals surface area contributed by atoms with Crippen LogP contribution in [-0.2, 0) is 22.6 Å². The maximum Gasteiger partial charge on any atom is 0.246 e. The number of nitrogens with two attached hydrogens (primary N) is 1. The lowest BCUT2D eigenvalue weighted by molar-refractivity contribution is -0.125. The second-order valence-electron chi connectivity index (χ2n) is 7.61. The molecular weight excluding hydrogens is 408 g/mol. The number of carbonyl (C=O) groups excluding carboxylic acids is 1. The topological polar surface area (TPSA) is 90.2 Å². The van der Waals surface area contributed by atoms with Crippen molar-refractivity contribution >= 4 is 17.8 Å². The molecule has 0 radical (unpaired) electrons. The molecule has 1 aliphatic heterocycles. The van der Waals surface area contributed by atoms with Gasteiger partial charge in [0.15, 0.2) is 11.5 Å². The number of para-hydroxylation sites is 1. The number of carbonyl (C=O) groups is 1. The number of benzene rings is 1. The first-order chi connectivity index (χ1) is 15.5. The van der Waals surface area contributed by atoms with E-state index in [1.807, 2.05) is 31.2 Å². The van der Waals surface area contributed by atoms with Gasteiger partial charge in [0.2, 0.25) is 5.91 Å². The van der Waals surface area contributed by atoms with Gasteiger partial charge >= 0.3 is 0 Å². The zero-order valence-electron chi connectivity index (χ0n) is 19.0. The van der Waals surface area contributed by atoms with Gasteiger partial charge in [0, 0.05) is 56.6 Å². The van der Waals surface area contributed by atoms with E-state index in [0.717, 1.165) is 43.0 Å². The monoisotopic (exact) mass is 440 g/mol. The molecule has 8 nitrogen and oxygen atoms in total. The Morgan fingerprint density at radius 1 is 1.31 bits per heavy atom. The molecule has 0 atom stereocenters. The molecule has 2 aromatic rings. The van der Waals surface area contributed by atoms with E-state index >= 15 is 0 Å². The molecule has 172 valence electrons. The SMILES string of the molecule is CCOc1c(CN(C)C(=O)C=Cc2cnc(N)c(CN3CCOCC3)c2)cccc1OC. The number of anilines is 1. The summed E-state index contributed by atoms with van der Waals surface area (Å²) in [7, 11) is 3.36. The van der Waals surface area contributed by atoms with Crippen molar-refractivity contribution < 1.29 is 19.0 Å². The number of methoxy groups -OCH3 is 1. The van der Waals surface area contributed by atoms with E-state index in [-0.39, 0.29) is 5.91 Å². The molecule has 0 bridgehead atoms. The van der Waals surface area contributed by atoms with Crippen LogP contribution in [-0.4, -0.2) is 67.8 Å². The van der Waals surface area contributed by atoms with Crippen molar-refractivity contribution in [1.82, 2.24) is 14.8 Å². The van der Waals surface area contributed by atoms with Crippen LogP contribution in [0.2, 0.25) is 0 Å². The third kappa shape index (κ3) is 6.21. The molecule has 0 unspecified atom stereocenters. The summed E-state index contributed by atoms with van der Waals surface area (Å²) in [5, 5.41) is 0. The minimum absolute atomic E-state index is 0.123. The molecule has 2 N–H and O–H groups in total. The summed E-state index contributed by atoms with van der Waals surface area (Å²) in [6, 6.07) is 7.65. The van der Waals surface area contributed by atoms with Gasteiger partial charge in [-0.1, -0.05) is 12.1 Å². The Bertz CT molecular complexity index is 942. The summed E-state index contributed by atoms with van der Waals surface area (Å²) < 4.78 is 16.5. The predicted molar refractivity (Wildman–Crippen MR) is 124 cm³/mol. The number of nitrogens with zero attached hydrogens (tertiary/aromatic N) is 3. The van der Waals surface area contributed by atoms with Gasteiger partial charge in [0.25, 0.3) is 0 Å². The summed E-state index contributed by atoms with van der Waals surface area (Å²) in [6.07, 6.45) is 4.99. The quantitative estimate of drug-likeness (QED) is 0.600. The van der Waals surface area contributed by atoms with Crippen LogP contribution in [0.25, 0.3) is 6.08 Å². The average Bonchev–Trinajstić information content (AvgIpc) is 2.81. The van der Waals surface area contributed by atoms with Gasteiger partial charge in [-0.05, 0) is 30.7 Å². The number of aromatic nitrogens is 1. The Hall–Kier alpha value is -3.10. The minimum atomic E-state index is -0.123. The predicted octanol–water partition coefficient (Wildman–Crippen LogP) is 2.58. The van der Waals surface area contributed by atoms with Crippen LogP contribution >= 0.6 is 0 Å². The van der Waals surface area contributed by atoms with Gasteiger partial charge in [-0.2, -0.15) is 0 Å². The number of morpholine rings is 1. The number of rotatable bonds is 9. The molecule has 1 aromatic heterocycles. The molecule has 8 heteroatoms. The Kier molecular flexibility index (Phi) is 8.47. The fourth-order valence-electron chi connectivity index (χ4n) is 3.54. The van der Waals surface area contributed by atoms with Gasteiger partial charge in [-0.3, -0.25) is 9.69 Å². The number of hydrogen-bond acceptors (Lipinski definition) is 7. The lowest BCUT2D eigenvalue weighted by atomic mass is 10.1. The zero-order chi connectivity index (χ0) is 22.9. The largest absolute Gasteiger partial charge is 0.493 e. The first-order valence-corrected chi connectivity index (χ1v) is 10.8. The first-order valence-electron chi connectivity index (χ1n) is 10.8. The van der Waals surface area contributed by atoms with E-state index in [0.29, 0.717) is 37.0 Å². The van der Waals surface area contributed by atoms with Crippen molar-refractivity contribution in [3.05, 3.63) is 53.2 Å². The van der Waals surface area contributed by atoms with Gasteiger partial charge in [-0.25, -0.2) is 4.98 Å². The molecule has 1 aromatic carbocycles. The van der Waals surface area contributed by atoms with Crippen molar-refractivity contribution in [1.29, 1.82) is 0 Å².